The second kappa shape index (κ2) is 5.82. The summed E-state index contributed by atoms with van der Waals surface area (Å²) in [5, 5.41) is 0. The van der Waals surface area contributed by atoms with E-state index in [9.17, 15) is 8.78 Å². The van der Waals surface area contributed by atoms with Crippen LogP contribution in [0.4, 0.5) is 8.78 Å². The van der Waals surface area contributed by atoms with E-state index in [1.807, 2.05) is 0 Å². The van der Waals surface area contributed by atoms with Gasteiger partial charge in [0.15, 0.2) is 11.7 Å². The van der Waals surface area contributed by atoms with Crippen molar-refractivity contribution in [3.05, 3.63) is 36.4 Å². The number of aromatic nitrogens is 1. The molecule has 2 rings (SSSR count). The van der Waals surface area contributed by atoms with Gasteiger partial charge in [-0.15, -0.1) is 11.6 Å². The molecule has 0 fully saturated rings. The van der Waals surface area contributed by atoms with Gasteiger partial charge in [-0.2, -0.15) is 8.78 Å². The number of hydrogen-bond acceptors (Lipinski definition) is 3. The molecule has 0 atom stereocenters. The zero-order valence-electron chi connectivity index (χ0n) is 9.28. The highest BCUT2D eigenvalue weighted by atomic mass is 35.5. The highest BCUT2D eigenvalue weighted by Crippen LogP contribution is 2.24. The maximum atomic E-state index is 12.0. The molecular formula is C12H10ClF2NO2. The third-order valence-electron chi connectivity index (χ3n) is 2.23. The third-order valence-corrected chi connectivity index (χ3v) is 2.41. The Kier molecular flexibility index (Phi) is 4.15. The molecule has 1 heterocycles. The maximum Gasteiger partial charge on any atom is 0.387 e. The molecule has 0 saturated carbocycles. The fourth-order valence-electron chi connectivity index (χ4n) is 1.44. The maximum absolute atomic E-state index is 12.0. The molecule has 0 spiro atoms. The summed E-state index contributed by atoms with van der Waals surface area (Å²) in [6.45, 7) is -2.82. The van der Waals surface area contributed by atoms with Gasteiger partial charge in [-0.05, 0) is 24.3 Å². The van der Waals surface area contributed by atoms with Crippen molar-refractivity contribution in [3.8, 4) is 17.1 Å². The predicted molar refractivity (Wildman–Crippen MR) is 63.0 cm³/mol. The number of hydrogen-bond donors (Lipinski definition) is 0. The van der Waals surface area contributed by atoms with Crippen molar-refractivity contribution in [2.45, 2.75) is 13.0 Å². The smallest absolute Gasteiger partial charge is 0.387 e. The number of ether oxygens (including phenoxy) is 1. The Morgan fingerprint density at radius 3 is 2.61 bits per heavy atom. The summed E-state index contributed by atoms with van der Waals surface area (Å²) in [7, 11) is 0. The number of alkyl halides is 3. The number of nitrogens with zero attached hydrogens (tertiary/aromatic N) is 1. The molecule has 2 aromatic rings. The first-order valence-electron chi connectivity index (χ1n) is 5.25. The van der Waals surface area contributed by atoms with Gasteiger partial charge in [0.05, 0.1) is 6.20 Å². The molecule has 0 saturated heterocycles. The molecule has 0 amide bonds. The van der Waals surface area contributed by atoms with Gasteiger partial charge in [0.25, 0.3) is 0 Å². The van der Waals surface area contributed by atoms with E-state index in [1.165, 1.54) is 12.1 Å². The largest absolute Gasteiger partial charge is 0.441 e. The molecule has 1 aromatic carbocycles. The quantitative estimate of drug-likeness (QED) is 0.779. The van der Waals surface area contributed by atoms with Gasteiger partial charge in [0.1, 0.15) is 5.75 Å². The van der Waals surface area contributed by atoms with Crippen molar-refractivity contribution in [1.29, 1.82) is 0 Å². The summed E-state index contributed by atoms with van der Waals surface area (Å²) in [4.78, 5) is 4.05. The van der Waals surface area contributed by atoms with E-state index in [1.54, 1.807) is 18.3 Å². The normalized spacial score (nSPS) is 10.9. The summed E-state index contributed by atoms with van der Waals surface area (Å²) in [5.74, 6) is 1.65. The number of benzene rings is 1. The molecule has 0 bridgehead atoms. The van der Waals surface area contributed by atoms with Crippen LogP contribution in [0.1, 0.15) is 5.89 Å². The summed E-state index contributed by atoms with van der Waals surface area (Å²) < 4.78 is 33.6. The highest BCUT2D eigenvalue weighted by Gasteiger charge is 2.08. The van der Waals surface area contributed by atoms with Crippen LogP contribution in [0.2, 0.25) is 0 Å². The molecule has 6 heteroatoms. The van der Waals surface area contributed by atoms with E-state index in [4.69, 9.17) is 16.0 Å². The molecule has 0 N–H and O–H groups in total. The number of aryl methyl sites for hydroxylation is 1. The highest BCUT2D eigenvalue weighted by molar-refractivity contribution is 6.17. The summed E-state index contributed by atoms with van der Waals surface area (Å²) in [5.41, 5.74) is 0.741. The number of halogens is 3. The second-order valence-corrected chi connectivity index (χ2v) is 3.84. The van der Waals surface area contributed by atoms with Crippen LogP contribution in [0.15, 0.2) is 34.9 Å². The van der Waals surface area contributed by atoms with Crippen LogP contribution in [-0.2, 0) is 6.42 Å². The van der Waals surface area contributed by atoms with Crippen LogP contribution in [-0.4, -0.2) is 17.5 Å². The molecule has 96 valence electrons. The lowest BCUT2D eigenvalue weighted by Crippen LogP contribution is -2.01. The molecular weight excluding hydrogens is 264 g/mol. The average molecular weight is 274 g/mol. The first-order chi connectivity index (χ1) is 8.69. The van der Waals surface area contributed by atoms with Gasteiger partial charge >= 0.3 is 6.61 Å². The molecule has 3 nitrogen and oxygen atoms in total. The van der Waals surface area contributed by atoms with Crippen molar-refractivity contribution >= 4 is 11.6 Å². The minimum Gasteiger partial charge on any atom is -0.441 e. The van der Waals surface area contributed by atoms with Gasteiger partial charge in [0, 0.05) is 17.9 Å². The second-order valence-electron chi connectivity index (χ2n) is 3.46. The molecule has 0 radical (unpaired) electrons. The van der Waals surface area contributed by atoms with E-state index in [-0.39, 0.29) is 5.75 Å². The molecule has 1 aromatic heterocycles. The van der Waals surface area contributed by atoms with E-state index in [2.05, 4.69) is 9.72 Å². The van der Waals surface area contributed by atoms with Gasteiger partial charge in [-0.25, -0.2) is 4.98 Å². The van der Waals surface area contributed by atoms with Crippen LogP contribution in [0.3, 0.4) is 0 Å². The van der Waals surface area contributed by atoms with Crippen LogP contribution < -0.4 is 4.74 Å². The Bertz CT molecular complexity index is 499. The fraction of sp³-hybridized carbons (Fsp3) is 0.250. The van der Waals surface area contributed by atoms with Crippen LogP contribution >= 0.6 is 11.6 Å². The number of oxazole rings is 1. The Labute approximate surface area is 107 Å². The lowest BCUT2D eigenvalue weighted by Gasteiger charge is -2.04. The Balaban J connectivity index is 2.12. The fourth-order valence-corrected chi connectivity index (χ4v) is 1.60. The predicted octanol–water partition coefficient (Wildman–Crippen LogP) is 3.72. The standard InChI is InChI=1S/C12H10ClF2NO2/c13-6-5-11-16-7-10(18-11)8-1-3-9(4-2-8)17-12(14)15/h1-4,7,12H,5-6H2. The van der Waals surface area contributed by atoms with Gasteiger partial charge in [-0.3, -0.25) is 0 Å². The Hall–Kier alpha value is -1.62. The van der Waals surface area contributed by atoms with E-state index >= 15 is 0 Å². The molecule has 0 aliphatic rings. The summed E-state index contributed by atoms with van der Waals surface area (Å²) in [6.07, 6.45) is 2.12. The van der Waals surface area contributed by atoms with E-state index in [0.717, 1.165) is 5.56 Å². The minimum absolute atomic E-state index is 0.106. The lowest BCUT2D eigenvalue weighted by molar-refractivity contribution is -0.0498. The van der Waals surface area contributed by atoms with Gasteiger partial charge < -0.3 is 9.15 Å². The van der Waals surface area contributed by atoms with E-state index in [0.29, 0.717) is 24.0 Å². The van der Waals surface area contributed by atoms with Crippen molar-refractivity contribution in [2.24, 2.45) is 0 Å². The molecule has 0 unspecified atom stereocenters. The zero-order chi connectivity index (χ0) is 13.0. The minimum atomic E-state index is -2.82. The van der Waals surface area contributed by atoms with Crippen molar-refractivity contribution in [1.82, 2.24) is 4.98 Å². The average Bonchev–Trinajstić information content (AvgIpc) is 2.78. The topological polar surface area (TPSA) is 35.3 Å². The van der Waals surface area contributed by atoms with Crippen molar-refractivity contribution < 1.29 is 17.9 Å². The SMILES string of the molecule is FC(F)Oc1ccc(-c2cnc(CCCl)o2)cc1. The Morgan fingerprint density at radius 2 is 2.00 bits per heavy atom. The van der Waals surface area contributed by atoms with Crippen molar-refractivity contribution in [3.63, 3.8) is 0 Å². The van der Waals surface area contributed by atoms with Crippen LogP contribution in [0.25, 0.3) is 11.3 Å². The first-order valence-corrected chi connectivity index (χ1v) is 5.78. The van der Waals surface area contributed by atoms with Gasteiger partial charge in [0.2, 0.25) is 0 Å². The Morgan fingerprint density at radius 1 is 1.28 bits per heavy atom. The molecule has 0 aliphatic heterocycles. The molecule has 18 heavy (non-hydrogen) atoms. The molecule has 0 aliphatic carbocycles. The monoisotopic (exact) mass is 273 g/mol. The lowest BCUT2D eigenvalue weighted by atomic mass is 10.2. The van der Waals surface area contributed by atoms with Crippen molar-refractivity contribution in [2.75, 3.05) is 5.88 Å². The first kappa shape index (κ1) is 12.8. The van der Waals surface area contributed by atoms with Crippen LogP contribution in [0, 0.1) is 0 Å². The summed E-state index contributed by atoms with van der Waals surface area (Å²) >= 11 is 5.57. The van der Waals surface area contributed by atoms with Gasteiger partial charge in [-0.1, -0.05) is 0 Å². The van der Waals surface area contributed by atoms with Crippen LogP contribution in [0.5, 0.6) is 5.75 Å². The summed E-state index contributed by atoms with van der Waals surface area (Å²) in [6, 6.07) is 6.15. The third kappa shape index (κ3) is 3.20. The number of rotatable bonds is 5. The zero-order valence-corrected chi connectivity index (χ0v) is 10.0. The van der Waals surface area contributed by atoms with E-state index < -0.39 is 6.61 Å².